The third kappa shape index (κ3) is 3.41. The van der Waals surface area contributed by atoms with Crippen LogP contribution in [0.5, 0.6) is 0 Å². The first-order valence-corrected chi connectivity index (χ1v) is 6.23. The van der Waals surface area contributed by atoms with Gasteiger partial charge in [0.25, 0.3) is 5.91 Å². The molecular weight excluding hydrogens is 244 g/mol. The van der Waals surface area contributed by atoms with Crippen LogP contribution in [0, 0.1) is 12.3 Å². The number of anilines is 1. The number of primary amides is 1. The largest absolute Gasteiger partial charge is 0.383 e. The molecule has 1 rings (SSSR count). The molecule has 19 heavy (non-hydrogen) atoms. The van der Waals surface area contributed by atoms with E-state index in [0.29, 0.717) is 18.1 Å². The lowest BCUT2D eigenvalue weighted by Gasteiger charge is -2.29. The molecule has 0 saturated carbocycles. The molecule has 4 N–H and O–H groups in total. The Hall–Kier alpha value is -1.69. The monoisotopic (exact) mass is 266 g/mol. The van der Waals surface area contributed by atoms with E-state index in [4.69, 9.17) is 16.2 Å². The van der Waals surface area contributed by atoms with Crippen LogP contribution in [0.1, 0.15) is 55.7 Å². The van der Waals surface area contributed by atoms with E-state index in [0.717, 1.165) is 0 Å². The third-order valence-corrected chi connectivity index (χ3v) is 2.74. The Bertz CT molecular complexity index is 457. The maximum absolute atomic E-state index is 11.3. The maximum atomic E-state index is 11.3. The molecule has 1 aromatic rings. The van der Waals surface area contributed by atoms with E-state index < -0.39 is 5.91 Å². The number of nitrogen functional groups attached to an aromatic ring is 1. The van der Waals surface area contributed by atoms with E-state index >= 15 is 0 Å². The number of nitrogens with two attached hydrogens (primary N) is 2. The minimum Gasteiger partial charge on any atom is -0.383 e. The number of aryl methyl sites for hydroxylation is 1. The number of carbonyl (C=O) groups excluding carboxylic acids is 1. The van der Waals surface area contributed by atoms with Gasteiger partial charge in [0.15, 0.2) is 5.82 Å². The van der Waals surface area contributed by atoms with E-state index in [2.05, 4.69) is 9.97 Å². The van der Waals surface area contributed by atoms with E-state index in [1.165, 1.54) is 0 Å². The van der Waals surface area contributed by atoms with E-state index in [1.54, 1.807) is 6.92 Å². The number of rotatable bonds is 4. The third-order valence-electron chi connectivity index (χ3n) is 2.74. The van der Waals surface area contributed by atoms with Gasteiger partial charge >= 0.3 is 0 Å². The van der Waals surface area contributed by atoms with Crippen molar-refractivity contribution < 1.29 is 9.53 Å². The van der Waals surface area contributed by atoms with Gasteiger partial charge in [-0.1, -0.05) is 20.8 Å². The van der Waals surface area contributed by atoms with Crippen molar-refractivity contribution in [2.24, 2.45) is 11.1 Å². The van der Waals surface area contributed by atoms with E-state index in [-0.39, 0.29) is 22.9 Å². The van der Waals surface area contributed by atoms with Crippen LogP contribution in [0.15, 0.2) is 0 Å². The van der Waals surface area contributed by atoms with Crippen molar-refractivity contribution in [2.45, 2.75) is 40.7 Å². The second kappa shape index (κ2) is 5.52. The molecule has 0 spiro atoms. The molecule has 0 radical (unpaired) electrons. The molecule has 1 aromatic heterocycles. The summed E-state index contributed by atoms with van der Waals surface area (Å²) in [5.74, 6) is -0.0384. The second-order valence-electron chi connectivity index (χ2n) is 5.49. The SMILES string of the molecule is CCOC(c1nc(C)c(C(N)=O)c(N)n1)C(C)(C)C. The van der Waals surface area contributed by atoms with Gasteiger partial charge < -0.3 is 16.2 Å². The van der Waals surface area contributed by atoms with E-state index in [9.17, 15) is 4.79 Å². The molecule has 0 fully saturated rings. The molecule has 0 saturated heterocycles. The molecular formula is C13H22N4O2. The zero-order valence-electron chi connectivity index (χ0n) is 12.2. The zero-order valence-corrected chi connectivity index (χ0v) is 12.2. The highest BCUT2D eigenvalue weighted by Gasteiger charge is 2.30. The molecule has 1 unspecified atom stereocenters. The highest BCUT2D eigenvalue weighted by Crippen LogP contribution is 2.35. The molecule has 6 nitrogen and oxygen atoms in total. The van der Waals surface area contributed by atoms with Crippen LogP contribution in [-0.4, -0.2) is 22.5 Å². The molecule has 0 aliphatic carbocycles. The quantitative estimate of drug-likeness (QED) is 0.861. The number of ether oxygens (including phenoxy) is 1. The Balaban J connectivity index is 3.31. The summed E-state index contributed by atoms with van der Waals surface area (Å²) >= 11 is 0. The Morgan fingerprint density at radius 3 is 2.32 bits per heavy atom. The minimum absolute atomic E-state index is 0.101. The smallest absolute Gasteiger partial charge is 0.254 e. The number of carbonyl (C=O) groups is 1. The fraction of sp³-hybridized carbons (Fsp3) is 0.615. The average Bonchev–Trinajstić information content (AvgIpc) is 2.22. The van der Waals surface area contributed by atoms with Gasteiger partial charge in [0.05, 0.1) is 5.69 Å². The summed E-state index contributed by atoms with van der Waals surface area (Å²) in [4.78, 5) is 19.8. The summed E-state index contributed by atoms with van der Waals surface area (Å²) in [6.07, 6.45) is -0.291. The molecule has 0 aliphatic heterocycles. The standard InChI is InChI=1S/C13H22N4O2/c1-6-19-9(13(3,4)5)12-16-7(2)8(11(15)18)10(14)17-12/h9H,6H2,1-5H3,(H2,15,18)(H2,14,16,17). The lowest BCUT2D eigenvalue weighted by Crippen LogP contribution is -2.26. The van der Waals surface area contributed by atoms with Crippen molar-refractivity contribution in [3.63, 3.8) is 0 Å². The van der Waals surface area contributed by atoms with E-state index in [1.807, 2.05) is 27.7 Å². The molecule has 106 valence electrons. The van der Waals surface area contributed by atoms with Gasteiger partial charge in [-0.2, -0.15) is 0 Å². The van der Waals surface area contributed by atoms with Crippen molar-refractivity contribution in [2.75, 3.05) is 12.3 Å². The predicted molar refractivity (Wildman–Crippen MR) is 73.5 cm³/mol. The van der Waals surface area contributed by atoms with Crippen LogP contribution in [0.2, 0.25) is 0 Å². The van der Waals surface area contributed by atoms with Crippen LogP contribution < -0.4 is 11.5 Å². The highest BCUT2D eigenvalue weighted by molar-refractivity contribution is 5.98. The van der Waals surface area contributed by atoms with Crippen LogP contribution in [-0.2, 0) is 4.74 Å². The summed E-state index contributed by atoms with van der Waals surface area (Å²) < 4.78 is 5.71. The lowest BCUT2D eigenvalue weighted by atomic mass is 9.88. The predicted octanol–water partition coefficient (Wildman–Crippen LogP) is 1.59. The topological polar surface area (TPSA) is 104 Å². The molecule has 0 aromatic carbocycles. The molecule has 1 atom stereocenters. The van der Waals surface area contributed by atoms with Crippen molar-refractivity contribution in [3.8, 4) is 0 Å². The number of nitrogens with zero attached hydrogens (tertiary/aromatic N) is 2. The van der Waals surface area contributed by atoms with Crippen LogP contribution in [0.4, 0.5) is 5.82 Å². The molecule has 1 amide bonds. The molecule has 1 heterocycles. The van der Waals surface area contributed by atoms with Crippen molar-refractivity contribution in [1.29, 1.82) is 0 Å². The van der Waals surface area contributed by atoms with Crippen molar-refractivity contribution in [1.82, 2.24) is 9.97 Å². The first-order chi connectivity index (χ1) is 8.68. The van der Waals surface area contributed by atoms with Crippen molar-refractivity contribution in [3.05, 3.63) is 17.1 Å². The number of amides is 1. The Labute approximate surface area is 113 Å². The van der Waals surface area contributed by atoms with Gasteiger partial charge in [-0.3, -0.25) is 4.79 Å². The summed E-state index contributed by atoms with van der Waals surface area (Å²) in [6.45, 7) is 10.2. The van der Waals surface area contributed by atoms with Gasteiger partial charge in [-0.25, -0.2) is 9.97 Å². The van der Waals surface area contributed by atoms with Gasteiger partial charge in [-0.05, 0) is 19.3 Å². The van der Waals surface area contributed by atoms with Crippen LogP contribution in [0.3, 0.4) is 0 Å². The normalized spacial score (nSPS) is 13.3. The van der Waals surface area contributed by atoms with Crippen molar-refractivity contribution >= 4 is 11.7 Å². The summed E-state index contributed by atoms with van der Waals surface area (Å²) in [5.41, 5.74) is 11.5. The maximum Gasteiger partial charge on any atom is 0.254 e. The fourth-order valence-corrected chi connectivity index (χ4v) is 1.92. The fourth-order valence-electron chi connectivity index (χ4n) is 1.92. The summed E-state index contributed by atoms with van der Waals surface area (Å²) in [5, 5.41) is 0. The highest BCUT2D eigenvalue weighted by atomic mass is 16.5. The number of hydrogen-bond donors (Lipinski definition) is 2. The van der Waals surface area contributed by atoms with Gasteiger partial charge in [0.1, 0.15) is 17.5 Å². The van der Waals surface area contributed by atoms with Crippen LogP contribution in [0.25, 0.3) is 0 Å². The Morgan fingerprint density at radius 1 is 1.37 bits per heavy atom. The van der Waals surface area contributed by atoms with Gasteiger partial charge in [0.2, 0.25) is 0 Å². The zero-order chi connectivity index (χ0) is 14.8. The summed E-state index contributed by atoms with van der Waals surface area (Å²) in [6, 6.07) is 0. The first-order valence-electron chi connectivity index (χ1n) is 6.23. The lowest BCUT2D eigenvalue weighted by molar-refractivity contribution is -0.0191. The minimum atomic E-state index is -0.620. The molecule has 0 aliphatic rings. The summed E-state index contributed by atoms with van der Waals surface area (Å²) in [7, 11) is 0. The first kappa shape index (κ1) is 15.4. The average molecular weight is 266 g/mol. The van der Waals surface area contributed by atoms with Gasteiger partial charge in [-0.15, -0.1) is 0 Å². The van der Waals surface area contributed by atoms with Gasteiger partial charge in [0, 0.05) is 6.61 Å². The second-order valence-corrected chi connectivity index (χ2v) is 5.49. The number of hydrogen-bond acceptors (Lipinski definition) is 5. The Kier molecular flexibility index (Phi) is 4.47. The number of aromatic nitrogens is 2. The molecule has 6 heteroatoms. The van der Waals surface area contributed by atoms with Crippen LogP contribution >= 0.6 is 0 Å². The molecule has 0 bridgehead atoms. The Morgan fingerprint density at radius 2 is 1.95 bits per heavy atom.